The first-order valence-corrected chi connectivity index (χ1v) is 12.4. The van der Waals surface area contributed by atoms with Gasteiger partial charge in [-0.15, -0.1) is 0 Å². The van der Waals surface area contributed by atoms with Gasteiger partial charge in [0.25, 0.3) is 0 Å². The van der Waals surface area contributed by atoms with E-state index in [1.54, 1.807) is 81.0 Å². The third-order valence-corrected chi connectivity index (χ3v) is 6.31. The summed E-state index contributed by atoms with van der Waals surface area (Å²) in [6.07, 6.45) is 3.09. The van der Waals surface area contributed by atoms with E-state index in [1.165, 1.54) is 13.2 Å². The van der Waals surface area contributed by atoms with Crippen molar-refractivity contribution < 1.29 is 33.0 Å². The van der Waals surface area contributed by atoms with Crippen LogP contribution in [0, 0.1) is 0 Å². The van der Waals surface area contributed by atoms with Crippen LogP contribution < -0.4 is 18.9 Å². The highest BCUT2D eigenvalue weighted by Gasteiger charge is 2.24. The zero-order chi connectivity index (χ0) is 28.1. The lowest BCUT2D eigenvalue weighted by molar-refractivity contribution is 0.0736. The topological polar surface area (TPSA) is 84.2 Å². The summed E-state index contributed by atoms with van der Waals surface area (Å²) in [7, 11) is 4.60. The molecule has 0 unspecified atom stereocenters. The Morgan fingerprint density at radius 2 is 1.48 bits per heavy atom. The molecule has 5 rings (SSSR count). The van der Waals surface area contributed by atoms with Gasteiger partial charge in [0.05, 0.1) is 26.9 Å². The third kappa shape index (κ3) is 5.44. The maximum Gasteiger partial charge on any atom is 0.348 e. The van der Waals surface area contributed by atoms with Crippen LogP contribution in [0.4, 0.5) is 0 Å². The van der Waals surface area contributed by atoms with Gasteiger partial charge in [-0.3, -0.25) is 4.79 Å². The number of allylic oxidation sites excluding steroid dienone is 1. The Morgan fingerprint density at radius 1 is 0.725 bits per heavy atom. The van der Waals surface area contributed by atoms with E-state index in [1.807, 2.05) is 30.3 Å². The monoisotopic (exact) mass is 534 g/mol. The largest absolute Gasteiger partial charge is 0.497 e. The van der Waals surface area contributed by atoms with Crippen LogP contribution in [0.1, 0.15) is 26.3 Å². The zero-order valence-corrected chi connectivity index (χ0v) is 22.2. The summed E-state index contributed by atoms with van der Waals surface area (Å²) in [6, 6.07) is 26.6. The number of methoxy groups -OCH3 is 3. The average molecular weight is 535 g/mol. The summed E-state index contributed by atoms with van der Waals surface area (Å²) in [6.45, 7) is 0. The Balaban J connectivity index is 1.42. The van der Waals surface area contributed by atoms with E-state index < -0.39 is 5.97 Å². The molecule has 0 N–H and O–H groups in total. The van der Waals surface area contributed by atoms with Crippen LogP contribution >= 0.6 is 0 Å². The smallest absolute Gasteiger partial charge is 0.348 e. The second-order valence-electron chi connectivity index (χ2n) is 8.76. The summed E-state index contributed by atoms with van der Waals surface area (Å²) in [5.41, 5.74) is 2.65. The van der Waals surface area contributed by atoms with E-state index in [0.717, 1.165) is 5.56 Å². The quantitative estimate of drug-likeness (QED) is 0.0853. The van der Waals surface area contributed by atoms with Crippen LogP contribution in [0.25, 0.3) is 28.4 Å². The van der Waals surface area contributed by atoms with Gasteiger partial charge in [-0.05, 0) is 54.1 Å². The number of ketones is 1. The summed E-state index contributed by atoms with van der Waals surface area (Å²) in [5.74, 6) is 1.49. The molecule has 5 aromatic rings. The highest BCUT2D eigenvalue weighted by atomic mass is 16.5. The molecule has 7 heteroatoms. The first-order chi connectivity index (χ1) is 19.5. The second-order valence-corrected chi connectivity index (χ2v) is 8.76. The van der Waals surface area contributed by atoms with Gasteiger partial charge in [0.15, 0.2) is 5.78 Å². The summed E-state index contributed by atoms with van der Waals surface area (Å²) >= 11 is 0. The summed E-state index contributed by atoms with van der Waals surface area (Å²) in [5, 5.41) is 0.582. The minimum absolute atomic E-state index is 0.242. The SMILES string of the molecule is COc1ccc(C(=O)C=Cc2cccc(OC(=O)c3c(-c4ccccc4)oc4ccc(OC)cc34)c2)c(OC)c1. The van der Waals surface area contributed by atoms with Crippen molar-refractivity contribution in [3.63, 3.8) is 0 Å². The van der Waals surface area contributed by atoms with Crippen LogP contribution in [-0.4, -0.2) is 33.1 Å². The number of ether oxygens (including phenoxy) is 4. The van der Waals surface area contributed by atoms with Crippen LogP contribution in [0.2, 0.25) is 0 Å². The van der Waals surface area contributed by atoms with Crippen LogP contribution in [0.15, 0.2) is 101 Å². The van der Waals surface area contributed by atoms with Crippen molar-refractivity contribution in [2.45, 2.75) is 0 Å². The molecule has 0 aliphatic rings. The number of hydrogen-bond donors (Lipinski definition) is 0. The average Bonchev–Trinajstić information content (AvgIpc) is 3.39. The fraction of sp³-hybridized carbons (Fsp3) is 0.0909. The number of fused-ring (bicyclic) bond motifs is 1. The van der Waals surface area contributed by atoms with Gasteiger partial charge >= 0.3 is 5.97 Å². The second kappa shape index (κ2) is 11.6. The van der Waals surface area contributed by atoms with Crippen molar-refractivity contribution in [1.82, 2.24) is 0 Å². The molecular weight excluding hydrogens is 508 g/mol. The summed E-state index contributed by atoms with van der Waals surface area (Å²) in [4.78, 5) is 26.4. The van der Waals surface area contributed by atoms with Gasteiger partial charge in [-0.2, -0.15) is 0 Å². The lowest BCUT2D eigenvalue weighted by Gasteiger charge is -2.08. The molecular formula is C33H26O7. The lowest BCUT2D eigenvalue weighted by Crippen LogP contribution is -2.09. The highest BCUT2D eigenvalue weighted by molar-refractivity contribution is 6.10. The Kier molecular flexibility index (Phi) is 7.64. The Bertz CT molecular complexity index is 1710. The number of esters is 1. The Hall–Kier alpha value is -5.30. The zero-order valence-electron chi connectivity index (χ0n) is 22.2. The van der Waals surface area contributed by atoms with Crippen molar-refractivity contribution in [3.05, 3.63) is 114 Å². The van der Waals surface area contributed by atoms with E-state index in [2.05, 4.69) is 0 Å². The first kappa shape index (κ1) is 26.3. The summed E-state index contributed by atoms with van der Waals surface area (Å²) < 4.78 is 27.8. The maximum absolute atomic E-state index is 13.5. The molecule has 7 nitrogen and oxygen atoms in total. The van der Waals surface area contributed by atoms with Crippen molar-refractivity contribution in [2.24, 2.45) is 0 Å². The molecule has 0 atom stereocenters. The number of hydrogen-bond acceptors (Lipinski definition) is 7. The van der Waals surface area contributed by atoms with Crippen molar-refractivity contribution >= 4 is 28.8 Å². The van der Waals surface area contributed by atoms with E-state index >= 15 is 0 Å². The number of rotatable bonds is 9. The van der Waals surface area contributed by atoms with Crippen LogP contribution in [0.3, 0.4) is 0 Å². The maximum atomic E-state index is 13.5. The standard InChI is InChI=1S/C33H26O7/c1-36-23-14-17-29-27(19-23)31(32(40-29)22-9-5-4-6-10-22)33(35)39-25-11-7-8-21(18-25)12-16-28(34)26-15-13-24(37-2)20-30(26)38-3/h4-20H,1-3H3. The molecule has 0 saturated carbocycles. The number of benzene rings is 4. The van der Waals surface area contributed by atoms with Gasteiger partial charge in [-0.25, -0.2) is 4.79 Å². The Morgan fingerprint density at radius 3 is 2.23 bits per heavy atom. The molecule has 0 amide bonds. The number of furan rings is 1. The molecule has 0 bridgehead atoms. The van der Waals surface area contributed by atoms with Gasteiger partial charge in [0.1, 0.15) is 39.9 Å². The van der Waals surface area contributed by atoms with Crippen molar-refractivity contribution in [3.8, 4) is 34.3 Å². The lowest BCUT2D eigenvalue weighted by atomic mass is 10.1. The predicted octanol–water partition coefficient (Wildman–Crippen LogP) is 7.24. The van der Waals surface area contributed by atoms with Crippen molar-refractivity contribution in [2.75, 3.05) is 21.3 Å². The highest BCUT2D eigenvalue weighted by Crippen LogP contribution is 2.36. The van der Waals surface area contributed by atoms with Crippen LogP contribution in [-0.2, 0) is 0 Å². The fourth-order valence-corrected chi connectivity index (χ4v) is 4.30. The minimum atomic E-state index is -0.578. The molecule has 200 valence electrons. The molecule has 0 fully saturated rings. The van der Waals surface area contributed by atoms with E-state index in [9.17, 15) is 9.59 Å². The van der Waals surface area contributed by atoms with Gasteiger partial charge in [-0.1, -0.05) is 48.5 Å². The van der Waals surface area contributed by atoms with E-state index in [4.69, 9.17) is 23.4 Å². The predicted molar refractivity (Wildman–Crippen MR) is 153 cm³/mol. The van der Waals surface area contributed by atoms with Gasteiger partial charge in [0.2, 0.25) is 0 Å². The Labute approximate surface area is 231 Å². The van der Waals surface area contributed by atoms with E-state index in [0.29, 0.717) is 56.4 Å². The fourth-order valence-electron chi connectivity index (χ4n) is 4.30. The molecule has 40 heavy (non-hydrogen) atoms. The molecule has 0 aliphatic carbocycles. The molecule has 1 aromatic heterocycles. The number of carbonyl (C=O) groups is 2. The molecule has 0 aliphatic heterocycles. The molecule has 0 spiro atoms. The molecule has 0 radical (unpaired) electrons. The van der Waals surface area contributed by atoms with Crippen molar-refractivity contribution in [1.29, 1.82) is 0 Å². The molecule has 1 heterocycles. The third-order valence-electron chi connectivity index (χ3n) is 6.31. The minimum Gasteiger partial charge on any atom is -0.497 e. The number of carbonyl (C=O) groups excluding carboxylic acids is 2. The van der Waals surface area contributed by atoms with Gasteiger partial charge < -0.3 is 23.4 Å². The molecule has 0 saturated heterocycles. The normalized spacial score (nSPS) is 11.0. The first-order valence-electron chi connectivity index (χ1n) is 12.4. The van der Waals surface area contributed by atoms with Gasteiger partial charge in [0, 0.05) is 17.0 Å². The molecule has 4 aromatic carbocycles. The van der Waals surface area contributed by atoms with E-state index in [-0.39, 0.29) is 5.78 Å². The van der Waals surface area contributed by atoms with Crippen LogP contribution in [0.5, 0.6) is 23.0 Å².